The van der Waals surface area contributed by atoms with E-state index in [0.29, 0.717) is 17.9 Å². The summed E-state index contributed by atoms with van der Waals surface area (Å²) in [5, 5.41) is 14.7. The molecule has 0 saturated carbocycles. The Morgan fingerprint density at radius 1 is 1.42 bits per heavy atom. The largest absolute Gasteiger partial charge is 0.375 e. The number of nitrogens with zero attached hydrogens (tertiary/aromatic N) is 1. The standard InChI is InChI=1S/C14H15N3OS/c1-2-8-17-14(9-16-11-15)19-10-13(18)12-6-4-3-5-7-12/h2-7,9,16-17H,1,8,10H2. The lowest BCUT2D eigenvalue weighted by Gasteiger charge is -2.08. The van der Waals surface area contributed by atoms with E-state index in [1.165, 1.54) is 18.0 Å². The Labute approximate surface area is 117 Å². The minimum atomic E-state index is 0.0499. The van der Waals surface area contributed by atoms with E-state index in [2.05, 4.69) is 17.2 Å². The summed E-state index contributed by atoms with van der Waals surface area (Å²) < 4.78 is 0. The molecule has 0 fully saturated rings. The van der Waals surface area contributed by atoms with Crippen molar-refractivity contribution in [2.45, 2.75) is 0 Å². The van der Waals surface area contributed by atoms with Crippen LogP contribution in [0, 0.1) is 11.5 Å². The molecule has 19 heavy (non-hydrogen) atoms. The monoisotopic (exact) mass is 273 g/mol. The molecule has 2 N–H and O–H groups in total. The first-order chi connectivity index (χ1) is 9.27. The number of ketones is 1. The number of hydrogen-bond donors (Lipinski definition) is 2. The van der Waals surface area contributed by atoms with Crippen molar-refractivity contribution < 1.29 is 4.79 Å². The molecule has 0 aliphatic heterocycles. The number of benzene rings is 1. The fraction of sp³-hybridized carbons (Fsp3) is 0.143. The number of nitrogens with one attached hydrogen (secondary N) is 2. The van der Waals surface area contributed by atoms with E-state index in [1.54, 1.807) is 24.4 Å². The molecule has 4 nitrogen and oxygen atoms in total. The fourth-order valence-electron chi connectivity index (χ4n) is 1.26. The van der Waals surface area contributed by atoms with Crippen molar-refractivity contribution in [2.75, 3.05) is 12.3 Å². The highest BCUT2D eigenvalue weighted by Crippen LogP contribution is 2.14. The molecular formula is C14H15N3OS. The van der Waals surface area contributed by atoms with Gasteiger partial charge in [0.05, 0.1) is 10.8 Å². The first-order valence-corrected chi connectivity index (χ1v) is 6.67. The lowest BCUT2D eigenvalue weighted by Crippen LogP contribution is -2.15. The van der Waals surface area contributed by atoms with Gasteiger partial charge >= 0.3 is 0 Å². The van der Waals surface area contributed by atoms with Crippen LogP contribution >= 0.6 is 11.8 Å². The summed E-state index contributed by atoms with van der Waals surface area (Å²) in [5.74, 6) is 0.362. The van der Waals surface area contributed by atoms with E-state index in [0.717, 1.165) is 5.03 Å². The van der Waals surface area contributed by atoms with Gasteiger partial charge in [0, 0.05) is 18.3 Å². The molecule has 98 valence electrons. The Bertz CT molecular complexity index is 491. The molecule has 0 amide bonds. The average molecular weight is 273 g/mol. The van der Waals surface area contributed by atoms with E-state index >= 15 is 0 Å². The summed E-state index contributed by atoms with van der Waals surface area (Å²) in [6.45, 7) is 4.18. The van der Waals surface area contributed by atoms with Gasteiger partial charge in [-0.15, -0.1) is 6.58 Å². The van der Waals surface area contributed by atoms with Crippen LogP contribution in [0.25, 0.3) is 0 Å². The molecule has 1 aromatic carbocycles. The molecular weight excluding hydrogens is 258 g/mol. The van der Waals surface area contributed by atoms with Gasteiger partial charge in [0.25, 0.3) is 0 Å². The average Bonchev–Trinajstić information content (AvgIpc) is 2.47. The van der Waals surface area contributed by atoms with Gasteiger partial charge in [-0.1, -0.05) is 48.2 Å². The molecule has 0 radical (unpaired) electrons. The van der Waals surface area contributed by atoms with Gasteiger partial charge in [-0.25, -0.2) is 0 Å². The second-order valence-corrected chi connectivity index (χ2v) is 4.53. The Morgan fingerprint density at radius 2 is 2.16 bits per heavy atom. The van der Waals surface area contributed by atoms with Crippen molar-refractivity contribution in [3.05, 3.63) is 59.8 Å². The highest BCUT2D eigenvalue weighted by atomic mass is 32.2. The van der Waals surface area contributed by atoms with Crippen molar-refractivity contribution in [1.82, 2.24) is 10.6 Å². The third-order valence-electron chi connectivity index (χ3n) is 2.14. The predicted molar refractivity (Wildman–Crippen MR) is 78.3 cm³/mol. The topological polar surface area (TPSA) is 64.9 Å². The number of hydrogen-bond acceptors (Lipinski definition) is 5. The summed E-state index contributed by atoms with van der Waals surface area (Å²) >= 11 is 1.34. The first-order valence-electron chi connectivity index (χ1n) is 5.68. The number of nitriles is 1. The number of thioether (sulfide) groups is 1. The van der Waals surface area contributed by atoms with Crippen molar-refractivity contribution in [1.29, 1.82) is 5.26 Å². The van der Waals surface area contributed by atoms with Crippen LogP contribution in [0.1, 0.15) is 10.4 Å². The van der Waals surface area contributed by atoms with Crippen LogP contribution in [0.4, 0.5) is 0 Å². The van der Waals surface area contributed by atoms with Crippen LogP contribution in [-0.4, -0.2) is 18.1 Å². The maximum absolute atomic E-state index is 11.9. The van der Waals surface area contributed by atoms with Crippen molar-refractivity contribution in [3.8, 4) is 6.19 Å². The highest BCUT2D eigenvalue weighted by molar-refractivity contribution is 8.03. The van der Waals surface area contributed by atoms with Gasteiger partial charge in [0.2, 0.25) is 0 Å². The summed E-state index contributed by atoms with van der Waals surface area (Å²) in [5.41, 5.74) is 0.686. The SMILES string of the molecule is C=CCNC(=CNC#N)SCC(=O)c1ccccc1. The third kappa shape index (κ3) is 5.80. The maximum atomic E-state index is 11.9. The van der Waals surface area contributed by atoms with Crippen LogP contribution < -0.4 is 10.6 Å². The Morgan fingerprint density at radius 3 is 2.79 bits per heavy atom. The zero-order valence-electron chi connectivity index (χ0n) is 10.4. The van der Waals surface area contributed by atoms with Gasteiger partial charge in [0.1, 0.15) is 0 Å². The van der Waals surface area contributed by atoms with E-state index < -0.39 is 0 Å². The number of carbonyl (C=O) groups excluding carboxylic acids is 1. The molecule has 0 unspecified atom stereocenters. The smallest absolute Gasteiger partial charge is 0.180 e. The highest BCUT2D eigenvalue weighted by Gasteiger charge is 2.06. The third-order valence-corrected chi connectivity index (χ3v) is 3.12. The van der Waals surface area contributed by atoms with Crippen molar-refractivity contribution >= 4 is 17.5 Å². The molecule has 0 aliphatic rings. The Hall–Kier alpha value is -2.19. The van der Waals surface area contributed by atoms with Crippen LogP contribution in [0.3, 0.4) is 0 Å². The normalized spacial score (nSPS) is 10.4. The molecule has 0 spiro atoms. The lowest BCUT2D eigenvalue weighted by atomic mass is 10.2. The van der Waals surface area contributed by atoms with Crippen LogP contribution in [0.5, 0.6) is 0 Å². The maximum Gasteiger partial charge on any atom is 0.180 e. The number of Topliss-reactive ketones (excluding diaryl/α,β-unsaturated/α-hetero) is 1. The summed E-state index contributed by atoms with van der Waals surface area (Å²) in [6, 6.07) is 9.12. The molecule has 0 saturated heterocycles. The van der Waals surface area contributed by atoms with Crippen LogP contribution in [-0.2, 0) is 0 Å². The lowest BCUT2D eigenvalue weighted by molar-refractivity contribution is 0.102. The Kier molecular flexibility index (Phi) is 6.92. The number of carbonyl (C=O) groups is 1. The molecule has 5 heteroatoms. The van der Waals surface area contributed by atoms with Gasteiger partial charge in [-0.3, -0.25) is 10.1 Å². The first kappa shape index (κ1) is 14.9. The molecule has 0 atom stereocenters. The predicted octanol–water partition coefficient (Wildman–Crippen LogP) is 2.25. The fourth-order valence-corrected chi connectivity index (χ4v) is 2.05. The van der Waals surface area contributed by atoms with E-state index in [9.17, 15) is 4.79 Å². The second kappa shape index (κ2) is 8.84. The van der Waals surface area contributed by atoms with E-state index in [4.69, 9.17) is 5.26 Å². The molecule has 1 rings (SSSR count). The number of rotatable bonds is 8. The van der Waals surface area contributed by atoms with Crippen molar-refractivity contribution in [2.24, 2.45) is 0 Å². The second-order valence-electron chi connectivity index (χ2n) is 3.51. The Balaban J connectivity index is 2.54. The van der Waals surface area contributed by atoms with E-state index in [-0.39, 0.29) is 5.78 Å². The zero-order valence-corrected chi connectivity index (χ0v) is 11.2. The minimum Gasteiger partial charge on any atom is -0.375 e. The summed E-state index contributed by atoms with van der Waals surface area (Å²) in [6.07, 6.45) is 5.05. The van der Waals surface area contributed by atoms with Gasteiger partial charge in [-0.2, -0.15) is 5.26 Å². The summed E-state index contributed by atoms with van der Waals surface area (Å²) in [4.78, 5) is 11.9. The van der Waals surface area contributed by atoms with E-state index in [1.807, 2.05) is 18.2 Å². The summed E-state index contributed by atoms with van der Waals surface area (Å²) in [7, 11) is 0. The minimum absolute atomic E-state index is 0.0499. The van der Waals surface area contributed by atoms with Gasteiger partial charge in [-0.05, 0) is 0 Å². The van der Waals surface area contributed by atoms with Crippen LogP contribution in [0.15, 0.2) is 54.2 Å². The molecule has 0 aromatic heterocycles. The zero-order chi connectivity index (χ0) is 13.9. The molecule has 0 bridgehead atoms. The molecule has 0 heterocycles. The van der Waals surface area contributed by atoms with Gasteiger partial charge < -0.3 is 5.32 Å². The molecule has 1 aromatic rings. The quantitative estimate of drug-likeness (QED) is 0.329. The van der Waals surface area contributed by atoms with Gasteiger partial charge in [0.15, 0.2) is 12.0 Å². The van der Waals surface area contributed by atoms with Crippen LogP contribution in [0.2, 0.25) is 0 Å². The van der Waals surface area contributed by atoms with Crippen molar-refractivity contribution in [3.63, 3.8) is 0 Å². The molecule has 0 aliphatic carbocycles.